The van der Waals surface area contributed by atoms with Gasteiger partial charge >= 0.3 is 18.2 Å². The van der Waals surface area contributed by atoms with E-state index in [1.165, 1.54) is 14.0 Å². The highest BCUT2D eigenvalue weighted by Gasteiger charge is 2.54. The number of carbonyl (C=O) groups is 3. The van der Waals surface area contributed by atoms with Gasteiger partial charge < -0.3 is 73.5 Å². The van der Waals surface area contributed by atoms with Crippen molar-refractivity contribution in [2.75, 3.05) is 41.9 Å². The quantitative estimate of drug-likeness (QED) is 0.0736. The molecule has 0 unspecified atom stereocenters. The van der Waals surface area contributed by atoms with Crippen molar-refractivity contribution in [3.63, 3.8) is 0 Å². The fourth-order valence-electron chi connectivity index (χ4n) is 11.9. The highest BCUT2D eigenvalue weighted by molar-refractivity contribution is 6.36. The number of nitrogens with zero attached hydrogens (tertiary/aromatic N) is 5. The number of cyclic esters (lactones) is 1. The summed E-state index contributed by atoms with van der Waals surface area (Å²) < 4.78 is 58.2. The van der Waals surface area contributed by atoms with E-state index in [9.17, 15) is 24.9 Å². The summed E-state index contributed by atoms with van der Waals surface area (Å²) in [5.74, 6) is -2.48. The highest BCUT2D eigenvalue weighted by Crippen LogP contribution is 2.41. The molecule has 3 saturated heterocycles. The minimum Gasteiger partial charge on any atom is -0.497 e. The summed E-state index contributed by atoms with van der Waals surface area (Å²) in [6, 6.07) is 11.4. The van der Waals surface area contributed by atoms with Gasteiger partial charge in [-0.05, 0) is 125 Å². The molecule has 2 aromatic carbocycles. The maximum absolute atomic E-state index is 15.0. The predicted molar refractivity (Wildman–Crippen MR) is 305 cm³/mol. The van der Waals surface area contributed by atoms with Crippen molar-refractivity contribution in [3.8, 4) is 5.75 Å². The monoisotopic (exact) mass is 1190 g/mol. The van der Waals surface area contributed by atoms with Crippen LogP contribution in [-0.2, 0) is 62.3 Å². The summed E-state index contributed by atoms with van der Waals surface area (Å²) in [6.45, 7) is 18.1. The number of hydrogen-bond donors (Lipinski definition) is 5. The summed E-state index contributed by atoms with van der Waals surface area (Å²) in [5.41, 5.74) is -3.02. The number of likely N-dealkylation sites (N-methyl/N-ethyl adjacent to an activating group) is 2. The van der Waals surface area contributed by atoms with E-state index in [1.54, 1.807) is 89.9 Å². The number of methoxy groups -OCH3 is 2. The first-order valence-electron chi connectivity index (χ1n) is 28.2. The molecule has 82 heavy (non-hydrogen) atoms. The third-order valence-corrected chi connectivity index (χ3v) is 17.3. The molecule has 1 aromatic heterocycles. The molecule has 460 valence electrons. The largest absolute Gasteiger partial charge is 0.497 e. The van der Waals surface area contributed by atoms with Crippen LogP contribution in [0.4, 0.5) is 9.59 Å². The lowest BCUT2D eigenvalue weighted by molar-refractivity contribution is -0.317. The van der Waals surface area contributed by atoms with Crippen molar-refractivity contribution in [1.29, 1.82) is 0 Å². The van der Waals surface area contributed by atoms with E-state index in [2.05, 4.69) is 20.9 Å². The molecule has 3 fully saturated rings. The molecule has 0 radical (unpaired) electrons. The van der Waals surface area contributed by atoms with Crippen molar-refractivity contribution in [2.45, 2.75) is 205 Å². The summed E-state index contributed by atoms with van der Waals surface area (Å²) in [6.07, 6.45) is -9.70. The van der Waals surface area contributed by atoms with Gasteiger partial charge in [-0.15, -0.1) is 5.10 Å². The van der Waals surface area contributed by atoms with Gasteiger partial charge in [-0.1, -0.05) is 67.4 Å². The van der Waals surface area contributed by atoms with Crippen LogP contribution in [0, 0.1) is 17.8 Å². The standard InChI is InChI=1S/C58H89Cl2N7O15/c1-16-45-58(10,73)50(81-54(70)61-27-38-20-22-40(74-14)23-21-38)36(6)66(13)29-32(2)25-56(8,72)49(80-53-47(68)44(65(11)12)24-33(3)76-53)34(4)48(35(5)52(69)78-45)79-46-26-57(9,75-15)51(37(7)77-46)82-55(71)62-28-39-30-67(64-63-39)31-41-42(59)18-17-19-43(41)60/h17-23,30,32-37,44-51,53,68,72-73H,16,24-29,31H2,1-15H3,(H,61,70)(H,62,71)/t32-,33-,34+,35-,36-,37+,44+,45-,46+,47-,48+,49-,50-,51+,53+,56-,57-,58-/m1/s1. The van der Waals surface area contributed by atoms with Gasteiger partial charge in [0.05, 0.1) is 62.3 Å². The Labute approximate surface area is 492 Å². The van der Waals surface area contributed by atoms with Crippen molar-refractivity contribution < 1.29 is 72.3 Å². The summed E-state index contributed by atoms with van der Waals surface area (Å²) in [4.78, 5) is 46.2. The first kappa shape index (κ1) is 66.7. The Morgan fingerprint density at radius 3 is 2.12 bits per heavy atom. The molecule has 3 aromatic rings. The number of rotatable bonds is 16. The van der Waals surface area contributed by atoms with Gasteiger partial charge in [-0.25, -0.2) is 14.3 Å². The van der Waals surface area contributed by atoms with Gasteiger partial charge in [0.1, 0.15) is 34.9 Å². The summed E-state index contributed by atoms with van der Waals surface area (Å²) >= 11 is 12.7. The van der Waals surface area contributed by atoms with Crippen molar-refractivity contribution in [3.05, 3.63) is 75.5 Å². The number of alkyl carbamates (subject to hydrolysis) is 2. The molecule has 3 aliphatic heterocycles. The van der Waals surface area contributed by atoms with Crippen molar-refractivity contribution in [2.24, 2.45) is 17.8 Å². The number of nitrogens with one attached hydrogen (secondary N) is 2. The van der Waals surface area contributed by atoms with Crippen LogP contribution in [-0.4, -0.2) is 190 Å². The molecule has 5 N–H and O–H groups in total. The molecule has 22 nitrogen and oxygen atoms in total. The molecule has 0 bridgehead atoms. The summed E-state index contributed by atoms with van der Waals surface area (Å²) in [5, 5.41) is 52.4. The molecule has 18 atom stereocenters. The van der Waals surface area contributed by atoms with E-state index >= 15 is 4.79 Å². The normalized spacial score (nSPS) is 35.4. The number of esters is 1. The zero-order valence-corrected chi connectivity index (χ0v) is 51.7. The van der Waals surface area contributed by atoms with Gasteiger partial charge in [0, 0.05) is 60.2 Å². The number of halogens is 2. The van der Waals surface area contributed by atoms with Crippen molar-refractivity contribution in [1.82, 2.24) is 35.4 Å². The van der Waals surface area contributed by atoms with E-state index in [1.807, 2.05) is 63.8 Å². The predicted octanol–water partition coefficient (Wildman–Crippen LogP) is 6.72. The second kappa shape index (κ2) is 28.6. The number of hydrogen-bond acceptors (Lipinski definition) is 19. The molecule has 0 aliphatic carbocycles. The number of benzene rings is 2. The van der Waals surface area contributed by atoms with Crippen LogP contribution in [0.5, 0.6) is 5.75 Å². The second-order valence-corrected chi connectivity index (χ2v) is 24.4. The molecular weight excluding hydrogens is 1110 g/mol. The third kappa shape index (κ3) is 16.5. The van der Waals surface area contributed by atoms with Gasteiger partial charge in [0.15, 0.2) is 24.8 Å². The Balaban J connectivity index is 1.29. The molecular formula is C58H89Cl2N7O15. The first-order valence-corrected chi connectivity index (χ1v) is 29.0. The van der Waals surface area contributed by atoms with E-state index in [0.29, 0.717) is 40.0 Å². The minimum atomic E-state index is -1.97. The van der Waals surface area contributed by atoms with Crippen LogP contribution < -0.4 is 15.4 Å². The lowest BCUT2D eigenvalue weighted by Gasteiger charge is -2.49. The average Bonchev–Trinajstić information content (AvgIpc) is 4.03. The number of carbonyl (C=O) groups excluding carboxylic acids is 3. The molecule has 0 saturated carbocycles. The number of ether oxygens (including phenoxy) is 9. The lowest BCUT2D eigenvalue weighted by Crippen LogP contribution is -2.61. The van der Waals surface area contributed by atoms with Crippen LogP contribution in [0.15, 0.2) is 48.7 Å². The van der Waals surface area contributed by atoms with E-state index in [-0.39, 0.29) is 57.0 Å². The molecule has 6 rings (SSSR count). The van der Waals surface area contributed by atoms with Gasteiger partial charge in [-0.3, -0.25) is 9.69 Å². The first-order chi connectivity index (χ1) is 38.5. The number of aromatic nitrogens is 3. The second-order valence-electron chi connectivity index (χ2n) is 23.6. The highest BCUT2D eigenvalue weighted by atomic mass is 35.5. The van der Waals surface area contributed by atoms with Crippen LogP contribution in [0.2, 0.25) is 10.0 Å². The van der Waals surface area contributed by atoms with E-state index in [0.717, 1.165) is 5.56 Å². The minimum absolute atomic E-state index is 0.0167. The Morgan fingerprint density at radius 1 is 0.878 bits per heavy atom. The Morgan fingerprint density at radius 2 is 1.51 bits per heavy atom. The third-order valence-electron chi connectivity index (χ3n) is 16.6. The van der Waals surface area contributed by atoms with Crippen molar-refractivity contribution >= 4 is 41.4 Å². The maximum atomic E-state index is 15.0. The molecule has 0 spiro atoms. The van der Waals surface area contributed by atoms with E-state index in [4.69, 9.17) is 65.8 Å². The number of amides is 2. The summed E-state index contributed by atoms with van der Waals surface area (Å²) in [7, 11) is 8.61. The fraction of sp³-hybridized carbons (Fsp3) is 0.707. The Kier molecular flexibility index (Phi) is 23.3. The van der Waals surface area contributed by atoms with Crippen LogP contribution in [0.1, 0.15) is 112 Å². The smallest absolute Gasteiger partial charge is 0.407 e. The van der Waals surface area contributed by atoms with E-state index < -0.39 is 108 Å². The molecule has 24 heteroatoms. The van der Waals surface area contributed by atoms with Gasteiger partial charge in [0.2, 0.25) is 0 Å². The topological polar surface area (TPSA) is 256 Å². The zero-order valence-electron chi connectivity index (χ0n) is 50.2. The SMILES string of the molecule is CC[C@H]1OC(=O)[C@H](C)[C@@H](O[C@H]2C[C@@](C)(OC)[C@@H](OC(=O)NCc3cn(Cc4c(Cl)cccc4Cl)nn3)[C@H](C)O2)[C@H](C)[C@@H](O[C@@H]2O[C@H](C)C[C@H](N(C)C)[C@H]2O)[C@](C)(O)C[C@@H](C)CN(C)[C@H](C)[C@@H](OC(=O)NCc2ccc(OC)cc2)[C@]1(C)O. The molecule has 3 aliphatic rings. The average molecular weight is 1200 g/mol. The van der Waals surface area contributed by atoms with Crippen LogP contribution >= 0.6 is 23.2 Å². The lowest BCUT2D eigenvalue weighted by atomic mass is 9.77. The zero-order chi connectivity index (χ0) is 60.6. The Hall–Kier alpha value is -4.43. The maximum Gasteiger partial charge on any atom is 0.407 e. The van der Waals surface area contributed by atoms with Gasteiger partial charge in [-0.2, -0.15) is 0 Å². The molecule has 2 amide bonds. The number of aliphatic hydroxyl groups excluding tert-OH is 1. The fourth-order valence-corrected chi connectivity index (χ4v) is 12.4. The molecule has 4 heterocycles. The van der Waals surface area contributed by atoms with Gasteiger partial charge in [0.25, 0.3) is 0 Å². The van der Waals surface area contributed by atoms with Crippen LogP contribution in [0.25, 0.3) is 0 Å². The number of aliphatic hydroxyl groups is 3. The Bertz CT molecular complexity index is 2540. The van der Waals surface area contributed by atoms with Crippen LogP contribution in [0.3, 0.4) is 0 Å².